The molecule has 1 amide bonds. The van der Waals surface area contributed by atoms with E-state index in [9.17, 15) is 4.79 Å². The van der Waals surface area contributed by atoms with Gasteiger partial charge >= 0.3 is 0 Å². The van der Waals surface area contributed by atoms with E-state index in [2.05, 4.69) is 52.5 Å². The van der Waals surface area contributed by atoms with Gasteiger partial charge in [0.2, 0.25) is 0 Å². The zero-order chi connectivity index (χ0) is 24.6. The molecule has 1 unspecified atom stereocenters. The number of likely N-dealkylation sites (tertiary alicyclic amines) is 1. The lowest BCUT2D eigenvalue weighted by Crippen LogP contribution is -2.37. The van der Waals surface area contributed by atoms with Gasteiger partial charge in [0.25, 0.3) is 5.91 Å². The number of carbonyl (C=O) groups excluding carboxylic acids is 1. The van der Waals surface area contributed by atoms with Crippen molar-refractivity contribution in [1.82, 2.24) is 10.2 Å². The van der Waals surface area contributed by atoms with Gasteiger partial charge in [0, 0.05) is 45.5 Å². The zero-order valence-corrected chi connectivity index (χ0v) is 21.7. The van der Waals surface area contributed by atoms with Crippen LogP contribution in [0, 0.1) is 0 Å². The third kappa shape index (κ3) is 6.98. The minimum atomic E-state index is -0.127. The Morgan fingerprint density at radius 3 is 2.77 bits per heavy atom. The molecule has 0 spiro atoms. The molecule has 2 heterocycles. The number of ether oxygens (including phenoxy) is 2. The van der Waals surface area contributed by atoms with Crippen LogP contribution in [0.15, 0.2) is 48.5 Å². The minimum absolute atomic E-state index is 0.0540. The first kappa shape index (κ1) is 26.0. The quantitative estimate of drug-likeness (QED) is 0.482. The van der Waals surface area contributed by atoms with Crippen LogP contribution in [0.3, 0.4) is 0 Å². The van der Waals surface area contributed by atoms with E-state index in [1.54, 1.807) is 0 Å². The van der Waals surface area contributed by atoms with E-state index < -0.39 is 0 Å². The van der Waals surface area contributed by atoms with Crippen molar-refractivity contribution in [3.63, 3.8) is 0 Å². The van der Waals surface area contributed by atoms with Crippen molar-refractivity contribution < 1.29 is 14.3 Å². The first-order valence-electron chi connectivity index (χ1n) is 12.9. The highest BCUT2D eigenvalue weighted by atomic mass is 35.5. The van der Waals surface area contributed by atoms with Gasteiger partial charge in [-0.1, -0.05) is 48.9 Å². The SMILES string of the molecule is CCCNC(=O)c1ccc(N(C)C[C@@H](c2ccccc2)N2CC[C@H](OC3CCCCO3)C2)cc1Cl. The molecule has 2 aliphatic rings. The normalized spacial score (nSPS) is 21.6. The number of nitrogens with zero attached hydrogens (tertiary/aromatic N) is 2. The molecule has 0 bridgehead atoms. The Morgan fingerprint density at radius 2 is 2.06 bits per heavy atom. The topological polar surface area (TPSA) is 54.0 Å². The number of carbonyl (C=O) groups is 1. The first-order chi connectivity index (χ1) is 17.0. The van der Waals surface area contributed by atoms with Crippen LogP contribution in [-0.4, -0.2) is 63.0 Å². The van der Waals surface area contributed by atoms with E-state index >= 15 is 0 Å². The summed E-state index contributed by atoms with van der Waals surface area (Å²) in [5.74, 6) is -0.127. The maximum Gasteiger partial charge on any atom is 0.252 e. The maximum atomic E-state index is 12.4. The van der Waals surface area contributed by atoms with E-state index in [-0.39, 0.29) is 24.3 Å². The fraction of sp³-hybridized carbons (Fsp3) is 0.536. The average molecular weight is 500 g/mol. The summed E-state index contributed by atoms with van der Waals surface area (Å²) in [5, 5.41) is 3.37. The lowest BCUT2D eigenvalue weighted by Gasteiger charge is -2.33. The number of amides is 1. The lowest BCUT2D eigenvalue weighted by atomic mass is 10.0. The smallest absolute Gasteiger partial charge is 0.252 e. The third-order valence-electron chi connectivity index (χ3n) is 6.90. The summed E-state index contributed by atoms with van der Waals surface area (Å²) in [6.45, 7) is 6.16. The molecule has 4 rings (SSSR count). The molecule has 0 aromatic heterocycles. The number of benzene rings is 2. The molecule has 2 saturated heterocycles. The second-order valence-electron chi connectivity index (χ2n) is 9.56. The van der Waals surface area contributed by atoms with Crippen molar-refractivity contribution >= 4 is 23.2 Å². The summed E-state index contributed by atoms with van der Waals surface area (Å²) in [5.41, 5.74) is 2.79. The largest absolute Gasteiger partial charge is 0.373 e. The number of likely N-dealkylation sites (N-methyl/N-ethyl adjacent to an activating group) is 1. The molecule has 6 nitrogen and oxygen atoms in total. The fourth-order valence-electron chi connectivity index (χ4n) is 4.91. The number of halogens is 1. The van der Waals surface area contributed by atoms with E-state index in [0.717, 1.165) is 57.6 Å². The van der Waals surface area contributed by atoms with Crippen molar-refractivity contribution in [2.75, 3.05) is 44.7 Å². The Hall–Kier alpha value is -2.12. The highest BCUT2D eigenvalue weighted by Gasteiger charge is 2.32. The van der Waals surface area contributed by atoms with Crippen LogP contribution in [-0.2, 0) is 9.47 Å². The molecule has 2 aromatic rings. The predicted octanol–water partition coefficient (Wildman–Crippen LogP) is 5.27. The second kappa shape index (κ2) is 12.7. The lowest BCUT2D eigenvalue weighted by molar-refractivity contribution is -0.185. The maximum absolute atomic E-state index is 12.4. The van der Waals surface area contributed by atoms with Gasteiger partial charge in [-0.05, 0) is 55.9 Å². The van der Waals surface area contributed by atoms with Crippen molar-refractivity contribution in [2.24, 2.45) is 0 Å². The molecule has 3 atom stereocenters. The molecule has 1 N–H and O–H groups in total. The van der Waals surface area contributed by atoms with Crippen molar-refractivity contribution in [3.8, 4) is 0 Å². The fourth-order valence-corrected chi connectivity index (χ4v) is 5.17. The minimum Gasteiger partial charge on any atom is -0.373 e. The van der Waals surface area contributed by atoms with Crippen LogP contribution in [0.5, 0.6) is 0 Å². The van der Waals surface area contributed by atoms with Gasteiger partial charge in [0.1, 0.15) is 0 Å². The number of nitrogens with one attached hydrogen (secondary N) is 1. The van der Waals surface area contributed by atoms with Gasteiger partial charge < -0.3 is 19.7 Å². The number of hydrogen-bond donors (Lipinski definition) is 1. The molecule has 0 saturated carbocycles. The van der Waals surface area contributed by atoms with Crippen molar-refractivity contribution in [3.05, 3.63) is 64.7 Å². The van der Waals surface area contributed by atoms with E-state index in [1.807, 2.05) is 25.1 Å². The van der Waals surface area contributed by atoms with Crippen LogP contribution in [0.4, 0.5) is 5.69 Å². The molecule has 2 aliphatic heterocycles. The van der Waals surface area contributed by atoms with Crippen LogP contribution in [0.25, 0.3) is 0 Å². The van der Waals surface area contributed by atoms with E-state index in [1.165, 1.54) is 12.0 Å². The average Bonchev–Trinajstić information content (AvgIpc) is 3.34. The molecule has 7 heteroatoms. The highest BCUT2D eigenvalue weighted by Crippen LogP contribution is 2.31. The van der Waals surface area contributed by atoms with Crippen LogP contribution >= 0.6 is 11.6 Å². The standard InChI is InChI=1S/C28H38ClN3O3/c1-3-15-30-28(33)24-13-12-22(18-25(24)29)31(2)20-26(21-9-5-4-6-10-21)32-16-14-23(19-32)35-27-11-7-8-17-34-27/h4-6,9-10,12-13,18,23,26-27H,3,7-8,11,14-17,19-20H2,1-2H3,(H,30,33)/t23-,26-,27?/m0/s1. The van der Waals surface area contributed by atoms with Crippen molar-refractivity contribution in [1.29, 1.82) is 0 Å². The van der Waals surface area contributed by atoms with Crippen LogP contribution in [0.1, 0.15) is 61.0 Å². The Morgan fingerprint density at radius 1 is 1.23 bits per heavy atom. The first-order valence-corrected chi connectivity index (χ1v) is 13.3. The van der Waals surface area contributed by atoms with E-state index in [0.29, 0.717) is 17.1 Å². The van der Waals surface area contributed by atoms with Gasteiger partial charge in [0.05, 0.1) is 22.7 Å². The summed E-state index contributed by atoms with van der Waals surface area (Å²) in [6.07, 6.45) is 5.36. The van der Waals surface area contributed by atoms with E-state index in [4.69, 9.17) is 21.1 Å². The van der Waals surface area contributed by atoms with Gasteiger partial charge in [-0.2, -0.15) is 0 Å². The Balaban J connectivity index is 1.44. The van der Waals surface area contributed by atoms with Gasteiger partial charge in [-0.3, -0.25) is 9.69 Å². The molecule has 0 radical (unpaired) electrons. The van der Waals surface area contributed by atoms with Crippen LogP contribution in [0.2, 0.25) is 5.02 Å². The molecule has 2 fully saturated rings. The molecule has 35 heavy (non-hydrogen) atoms. The monoisotopic (exact) mass is 499 g/mol. The summed E-state index contributed by atoms with van der Waals surface area (Å²) in [6, 6.07) is 16.6. The molecule has 2 aromatic carbocycles. The molecule has 190 valence electrons. The summed E-state index contributed by atoms with van der Waals surface area (Å²) in [7, 11) is 2.08. The Kier molecular flexibility index (Phi) is 9.44. The van der Waals surface area contributed by atoms with Crippen molar-refractivity contribution in [2.45, 2.75) is 57.5 Å². The highest BCUT2D eigenvalue weighted by molar-refractivity contribution is 6.34. The zero-order valence-electron chi connectivity index (χ0n) is 20.9. The molecular weight excluding hydrogens is 462 g/mol. The third-order valence-corrected chi connectivity index (χ3v) is 7.22. The predicted molar refractivity (Wildman–Crippen MR) is 141 cm³/mol. The number of hydrogen-bond acceptors (Lipinski definition) is 5. The Labute approximate surface area is 214 Å². The van der Waals surface area contributed by atoms with Gasteiger partial charge in [-0.15, -0.1) is 0 Å². The summed E-state index contributed by atoms with van der Waals surface area (Å²) >= 11 is 6.51. The van der Waals surface area contributed by atoms with Gasteiger partial charge in [-0.25, -0.2) is 0 Å². The number of rotatable bonds is 10. The van der Waals surface area contributed by atoms with Crippen LogP contribution < -0.4 is 10.2 Å². The summed E-state index contributed by atoms with van der Waals surface area (Å²) in [4.78, 5) is 17.1. The summed E-state index contributed by atoms with van der Waals surface area (Å²) < 4.78 is 12.1. The number of anilines is 1. The van der Waals surface area contributed by atoms with Gasteiger partial charge in [0.15, 0.2) is 6.29 Å². The molecule has 0 aliphatic carbocycles. The molecular formula is C28H38ClN3O3. The second-order valence-corrected chi connectivity index (χ2v) is 9.97. The Bertz CT molecular complexity index is 952.